The van der Waals surface area contributed by atoms with Gasteiger partial charge in [-0.2, -0.15) is 0 Å². The Morgan fingerprint density at radius 3 is 2.41 bits per heavy atom. The van der Waals surface area contributed by atoms with Crippen molar-refractivity contribution in [2.75, 3.05) is 97.2 Å². The lowest BCUT2D eigenvalue weighted by molar-refractivity contribution is 0.00490. The Morgan fingerprint density at radius 2 is 1.73 bits per heavy atom. The van der Waals surface area contributed by atoms with E-state index < -0.39 is 23.3 Å². The van der Waals surface area contributed by atoms with E-state index in [2.05, 4.69) is 39.3 Å². The quantitative estimate of drug-likeness (QED) is 0.131. The third-order valence-electron chi connectivity index (χ3n) is 7.95. The second-order valence-electron chi connectivity index (χ2n) is 12.2. The summed E-state index contributed by atoms with van der Waals surface area (Å²) < 4.78 is 59.7. The summed E-state index contributed by atoms with van der Waals surface area (Å²) in [5.74, 6) is 4.21. The SMILES string of the molecule is CC.COc1cc(S(=O)CCOCCOCCN(C)C)ccc1NCC#Cc1cc2c(NC3CCN(C)CC3)cccc2n1CC(C)(F)F. The van der Waals surface area contributed by atoms with Crippen molar-refractivity contribution in [3.05, 3.63) is 48.2 Å². The van der Waals surface area contributed by atoms with E-state index in [4.69, 9.17) is 14.2 Å². The Balaban J connectivity index is 0.00000319. The number of aromatic nitrogens is 1. The van der Waals surface area contributed by atoms with Crippen LogP contribution in [0.4, 0.5) is 20.2 Å². The number of piperidine rings is 1. The largest absolute Gasteiger partial charge is 0.495 e. The summed E-state index contributed by atoms with van der Waals surface area (Å²) in [5.41, 5.74) is 2.89. The number of benzene rings is 2. The third-order valence-corrected chi connectivity index (χ3v) is 9.26. The van der Waals surface area contributed by atoms with E-state index >= 15 is 0 Å². The van der Waals surface area contributed by atoms with Gasteiger partial charge in [0.05, 0.1) is 80.1 Å². The second kappa shape index (κ2) is 20.5. The Bertz CT molecular complexity index is 1520. The van der Waals surface area contributed by atoms with Crippen molar-refractivity contribution in [3.8, 4) is 17.6 Å². The fourth-order valence-electron chi connectivity index (χ4n) is 5.39. The van der Waals surface area contributed by atoms with Gasteiger partial charge in [0.1, 0.15) is 5.75 Å². The zero-order chi connectivity index (χ0) is 35.8. The number of nitrogens with one attached hydrogen (secondary N) is 2. The van der Waals surface area contributed by atoms with Crippen molar-refractivity contribution >= 4 is 33.1 Å². The molecule has 0 saturated carbocycles. The molecule has 1 aliphatic rings. The fraction of sp³-hybridized carbons (Fsp3) is 0.568. The van der Waals surface area contributed by atoms with E-state index in [-0.39, 0.29) is 6.54 Å². The van der Waals surface area contributed by atoms with Crippen LogP contribution in [0.2, 0.25) is 0 Å². The molecule has 0 amide bonds. The van der Waals surface area contributed by atoms with Crippen LogP contribution in [0.3, 0.4) is 0 Å². The Morgan fingerprint density at radius 1 is 1.02 bits per heavy atom. The molecule has 1 fully saturated rings. The summed E-state index contributed by atoms with van der Waals surface area (Å²) >= 11 is 0. The van der Waals surface area contributed by atoms with Crippen molar-refractivity contribution in [3.63, 3.8) is 0 Å². The van der Waals surface area contributed by atoms with Crippen LogP contribution >= 0.6 is 0 Å². The molecule has 272 valence electrons. The number of likely N-dealkylation sites (N-methyl/N-ethyl adjacent to an activating group) is 1. The number of nitrogens with zero attached hydrogens (tertiary/aromatic N) is 3. The average Bonchev–Trinajstić information content (AvgIpc) is 3.42. The Labute approximate surface area is 294 Å². The molecule has 1 aromatic heterocycles. The predicted molar refractivity (Wildman–Crippen MR) is 198 cm³/mol. The third kappa shape index (κ3) is 13.2. The van der Waals surface area contributed by atoms with E-state index in [1.807, 2.05) is 58.3 Å². The van der Waals surface area contributed by atoms with E-state index in [0.717, 1.165) is 56.0 Å². The summed E-state index contributed by atoms with van der Waals surface area (Å²) in [6, 6.07) is 13.4. The molecule has 0 spiro atoms. The summed E-state index contributed by atoms with van der Waals surface area (Å²) in [5, 5.41) is 7.78. The number of likely N-dealkylation sites (tertiary alicyclic amines) is 1. The molecule has 2 N–H and O–H groups in total. The summed E-state index contributed by atoms with van der Waals surface area (Å²) in [4.78, 5) is 5.00. The molecule has 0 radical (unpaired) electrons. The monoisotopic (exact) mass is 703 g/mol. The first-order chi connectivity index (χ1) is 23.5. The lowest BCUT2D eigenvalue weighted by Gasteiger charge is -2.30. The van der Waals surface area contributed by atoms with Crippen LogP contribution in [0.15, 0.2) is 47.4 Å². The molecule has 12 heteroatoms. The highest BCUT2D eigenvalue weighted by Crippen LogP contribution is 2.31. The molecule has 1 aliphatic heterocycles. The van der Waals surface area contributed by atoms with Crippen LogP contribution in [-0.2, 0) is 26.8 Å². The highest BCUT2D eigenvalue weighted by atomic mass is 32.2. The molecule has 3 aromatic rings. The number of hydrogen-bond acceptors (Lipinski definition) is 8. The molecule has 2 aromatic carbocycles. The number of ether oxygens (including phenoxy) is 3. The van der Waals surface area contributed by atoms with Gasteiger partial charge in [-0.3, -0.25) is 4.21 Å². The molecule has 1 unspecified atom stereocenters. The zero-order valence-corrected chi connectivity index (χ0v) is 31.1. The predicted octanol–water partition coefficient (Wildman–Crippen LogP) is 6.00. The van der Waals surface area contributed by atoms with E-state index in [0.29, 0.717) is 60.2 Å². The molecular formula is C37H55F2N5O4S. The molecule has 1 atom stereocenters. The van der Waals surface area contributed by atoms with Crippen molar-refractivity contribution < 1.29 is 27.2 Å². The smallest absolute Gasteiger partial charge is 0.262 e. The lowest BCUT2D eigenvalue weighted by atomic mass is 10.0. The Kier molecular flexibility index (Phi) is 16.8. The number of alkyl halides is 2. The van der Waals surface area contributed by atoms with Gasteiger partial charge >= 0.3 is 0 Å². The van der Waals surface area contributed by atoms with Gasteiger partial charge in [0, 0.05) is 35.5 Å². The fourth-order valence-corrected chi connectivity index (χ4v) is 6.35. The molecule has 0 bridgehead atoms. The maximum absolute atomic E-state index is 14.3. The Hall–Kier alpha value is -3.21. The van der Waals surface area contributed by atoms with E-state index in [9.17, 15) is 13.0 Å². The van der Waals surface area contributed by atoms with Crippen LogP contribution in [0.1, 0.15) is 39.3 Å². The number of fused-ring (bicyclic) bond motifs is 1. The number of anilines is 2. The van der Waals surface area contributed by atoms with Gasteiger partial charge in [-0.1, -0.05) is 25.8 Å². The van der Waals surface area contributed by atoms with Crippen molar-refractivity contribution in [2.24, 2.45) is 0 Å². The normalized spacial score (nSPS) is 14.6. The summed E-state index contributed by atoms with van der Waals surface area (Å²) in [7, 11) is 6.41. The highest BCUT2D eigenvalue weighted by molar-refractivity contribution is 7.85. The molecule has 2 heterocycles. The van der Waals surface area contributed by atoms with Gasteiger partial charge in [-0.05, 0) is 89.4 Å². The van der Waals surface area contributed by atoms with Crippen LogP contribution in [0, 0.1) is 11.8 Å². The summed E-state index contributed by atoms with van der Waals surface area (Å²) in [6.07, 6.45) is 2.06. The van der Waals surface area contributed by atoms with Crippen molar-refractivity contribution in [1.82, 2.24) is 14.4 Å². The van der Waals surface area contributed by atoms with E-state index in [1.54, 1.807) is 23.8 Å². The van der Waals surface area contributed by atoms with E-state index in [1.165, 1.54) is 0 Å². The standard InChI is InChI=1S/C35H49F2N5O4S.C2H6/c1-35(36,37)26-42-28(24-30-31(9-6-10-33(30)42)39-27-13-16-41(4)17-14-27)8-7-15-38-32-12-11-29(25-34(32)44-5)47(43)23-22-46-21-20-45-19-18-40(2)3;1-2/h6,9-12,24-25,27,38-39H,13-23,26H2,1-5H3;1-2H3. The van der Waals surface area contributed by atoms with Gasteiger partial charge in [0.25, 0.3) is 5.92 Å². The van der Waals surface area contributed by atoms with Gasteiger partial charge < -0.3 is 39.2 Å². The number of rotatable bonds is 17. The molecular weight excluding hydrogens is 649 g/mol. The summed E-state index contributed by atoms with van der Waals surface area (Å²) in [6.45, 7) is 9.58. The first kappa shape index (κ1) is 40.2. The maximum Gasteiger partial charge on any atom is 0.262 e. The first-order valence-electron chi connectivity index (χ1n) is 17.1. The van der Waals surface area contributed by atoms with Gasteiger partial charge in [0.2, 0.25) is 0 Å². The molecule has 49 heavy (non-hydrogen) atoms. The highest BCUT2D eigenvalue weighted by Gasteiger charge is 2.25. The topological polar surface area (TPSA) is 80.2 Å². The molecule has 0 aliphatic carbocycles. The van der Waals surface area contributed by atoms with Crippen LogP contribution in [0.25, 0.3) is 10.9 Å². The maximum atomic E-state index is 14.3. The number of hydrogen-bond donors (Lipinski definition) is 2. The average molecular weight is 704 g/mol. The van der Waals surface area contributed by atoms with Gasteiger partial charge in [-0.15, -0.1) is 0 Å². The minimum atomic E-state index is -2.90. The van der Waals surface area contributed by atoms with Crippen molar-refractivity contribution in [2.45, 2.75) is 57.0 Å². The molecule has 9 nitrogen and oxygen atoms in total. The first-order valence-corrected chi connectivity index (χ1v) is 18.4. The molecule has 1 saturated heterocycles. The van der Waals surface area contributed by atoms with Gasteiger partial charge in [-0.25, -0.2) is 8.78 Å². The molecule has 4 rings (SSSR count). The number of halogens is 2. The second-order valence-corrected chi connectivity index (χ2v) is 13.8. The minimum absolute atomic E-state index is 0.258. The minimum Gasteiger partial charge on any atom is -0.495 e. The van der Waals surface area contributed by atoms with Crippen LogP contribution in [0.5, 0.6) is 5.75 Å². The lowest BCUT2D eigenvalue weighted by Crippen LogP contribution is -2.36. The van der Waals surface area contributed by atoms with Gasteiger partial charge in [0.15, 0.2) is 0 Å². The van der Waals surface area contributed by atoms with Crippen LogP contribution < -0.4 is 15.4 Å². The number of methoxy groups -OCH3 is 1. The zero-order valence-electron chi connectivity index (χ0n) is 30.2. The van der Waals surface area contributed by atoms with Crippen molar-refractivity contribution in [1.29, 1.82) is 0 Å². The van der Waals surface area contributed by atoms with Crippen LogP contribution in [-0.4, -0.2) is 117 Å².